The van der Waals surface area contributed by atoms with E-state index in [1.54, 1.807) is 13.2 Å². The first-order valence-corrected chi connectivity index (χ1v) is 7.86. The highest BCUT2D eigenvalue weighted by Gasteiger charge is 2.36. The average Bonchev–Trinajstić information content (AvgIpc) is 2.97. The first-order chi connectivity index (χ1) is 10.8. The first kappa shape index (κ1) is 15.7. The summed E-state index contributed by atoms with van der Waals surface area (Å²) in [5.74, 6) is 0.0714. The van der Waals surface area contributed by atoms with Crippen molar-refractivity contribution in [3.05, 3.63) is 46.8 Å². The van der Waals surface area contributed by atoms with E-state index in [-0.39, 0.29) is 22.6 Å². The van der Waals surface area contributed by atoms with Crippen LogP contribution in [0.2, 0.25) is 0 Å². The van der Waals surface area contributed by atoms with Crippen LogP contribution in [0.1, 0.15) is 60.3 Å². The molecule has 0 radical (unpaired) electrons. The molecule has 1 aliphatic rings. The number of anilines is 1. The number of halogens is 1. The normalized spacial score (nSPS) is 18.7. The Bertz CT molecular complexity index is 764. The Balaban J connectivity index is 1.96. The Hall–Kier alpha value is -2.17. The molecule has 0 bridgehead atoms. The van der Waals surface area contributed by atoms with Gasteiger partial charge >= 0.3 is 0 Å². The van der Waals surface area contributed by atoms with Crippen molar-refractivity contribution in [3.63, 3.8) is 0 Å². The minimum atomic E-state index is -0.750. The number of amides is 1. The van der Waals surface area contributed by atoms with Crippen molar-refractivity contribution in [3.8, 4) is 0 Å². The fourth-order valence-corrected chi connectivity index (χ4v) is 3.79. The highest BCUT2D eigenvalue weighted by atomic mass is 19.1. The largest absolute Gasteiger partial charge is 0.322 e. The van der Waals surface area contributed by atoms with Gasteiger partial charge < -0.3 is 5.32 Å². The van der Waals surface area contributed by atoms with E-state index in [9.17, 15) is 9.18 Å². The van der Waals surface area contributed by atoms with Gasteiger partial charge in [-0.15, -0.1) is 0 Å². The molecule has 1 aromatic heterocycles. The molecular formula is C18H22FN3O. The van der Waals surface area contributed by atoms with Crippen LogP contribution in [0.3, 0.4) is 0 Å². The Morgan fingerprint density at radius 2 is 2.22 bits per heavy atom. The highest BCUT2D eigenvalue weighted by Crippen LogP contribution is 2.48. The van der Waals surface area contributed by atoms with E-state index in [2.05, 4.69) is 37.3 Å². The summed E-state index contributed by atoms with van der Waals surface area (Å²) >= 11 is 0. The van der Waals surface area contributed by atoms with E-state index in [0.29, 0.717) is 5.92 Å². The molecule has 1 amide bonds. The highest BCUT2D eigenvalue weighted by molar-refractivity contribution is 6.05. The van der Waals surface area contributed by atoms with Gasteiger partial charge in [-0.3, -0.25) is 9.48 Å². The summed E-state index contributed by atoms with van der Waals surface area (Å²) in [6, 6.07) is 6.01. The number of hydrogen-bond donors (Lipinski definition) is 1. The second-order valence-electron chi connectivity index (χ2n) is 7.01. The van der Waals surface area contributed by atoms with Crippen molar-refractivity contribution in [2.75, 3.05) is 5.32 Å². The smallest absolute Gasteiger partial charge is 0.259 e. The van der Waals surface area contributed by atoms with Gasteiger partial charge in [0.1, 0.15) is 12.4 Å². The summed E-state index contributed by atoms with van der Waals surface area (Å²) in [6.45, 7) is 5.88. The molecule has 1 atom stereocenters. The van der Waals surface area contributed by atoms with Crippen LogP contribution < -0.4 is 5.32 Å². The van der Waals surface area contributed by atoms with Gasteiger partial charge in [-0.1, -0.05) is 32.9 Å². The summed E-state index contributed by atoms with van der Waals surface area (Å²) < 4.78 is 14.5. The molecule has 0 spiro atoms. The number of carbonyl (C=O) groups is 1. The predicted molar refractivity (Wildman–Crippen MR) is 88.5 cm³/mol. The van der Waals surface area contributed by atoms with E-state index >= 15 is 0 Å². The third-order valence-electron chi connectivity index (χ3n) is 4.67. The predicted octanol–water partition coefficient (Wildman–Crippen LogP) is 3.93. The maximum absolute atomic E-state index is 13.0. The Kier molecular flexibility index (Phi) is 3.74. The SMILES string of the molecule is CC1CC(C)(C)c2cccc(NC(=O)c3cn(C)nc3CF)c21. The van der Waals surface area contributed by atoms with Gasteiger partial charge in [-0.25, -0.2) is 4.39 Å². The topological polar surface area (TPSA) is 46.9 Å². The van der Waals surface area contributed by atoms with Crippen LogP contribution in [-0.2, 0) is 19.1 Å². The van der Waals surface area contributed by atoms with Gasteiger partial charge in [-0.2, -0.15) is 5.10 Å². The van der Waals surface area contributed by atoms with Crippen molar-refractivity contribution < 1.29 is 9.18 Å². The zero-order chi connectivity index (χ0) is 16.8. The van der Waals surface area contributed by atoms with Crippen LogP contribution in [0, 0.1) is 0 Å². The van der Waals surface area contributed by atoms with Crippen LogP contribution in [0.5, 0.6) is 0 Å². The van der Waals surface area contributed by atoms with Crippen molar-refractivity contribution in [1.29, 1.82) is 0 Å². The lowest BCUT2D eigenvalue weighted by Gasteiger charge is -2.19. The molecule has 0 aliphatic heterocycles. The number of hydrogen-bond acceptors (Lipinski definition) is 2. The molecule has 3 rings (SSSR count). The molecule has 122 valence electrons. The van der Waals surface area contributed by atoms with Gasteiger partial charge in [0.25, 0.3) is 5.91 Å². The van der Waals surface area contributed by atoms with Gasteiger partial charge in [0.2, 0.25) is 0 Å². The molecule has 23 heavy (non-hydrogen) atoms. The van der Waals surface area contributed by atoms with E-state index in [1.165, 1.54) is 15.8 Å². The van der Waals surface area contributed by atoms with Gasteiger partial charge in [-0.05, 0) is 34.9 Å². The Morgan fingerprint density at radius 3 is 2.91 bits per heavy atom. The molecule has 0 saturated carbocycles. The second-order valence-corrected chi connectivity index (χ2v) is 7.01. The standard InChI is InChI=1S/C18H22FN3O/c1-11-8-18(2,3)13-6-5-7-14(16(11)13)20-17(23)12-10-22(4)21-15(12)9-19/h5-7,10-11H,8-9H2,1-4H3,(H,20,23). The summed E-state index contributed by atoms with van der Waals surface area (Å²) in [7, 11) is 1.68. The number of alkyl halides is 1. The lowest BCUT2D eigenvalue weighted by Crippen LogP contribution is -2.15. The third-order valence-corrected chi connectivity index (χ3v) is 4.67. The lowest BCUT2D eigenvalue weighted by atomic mass is 9.86. The van der Waals surface area contributed by atoms with E-state index in [4.69, 9.17) is 0 Å². The molecule has 5 heteroatoms. The third kappa shape index (κ3) is 2.64. The number of nitrogens with one attached hydrogen (secondary N) is 1. The molecule has 1 heterocycles. The summed E-state index contributed by atoms with van der Waals surface area (Å²) in [5.41, 5.74) is 3.85. The molecule has 1 aromatic carbocycles. The molecular weight excluding hydrogens is 293 g/mol. The fourth-order valence-electron chi connectivity index (χ4n) is 3.79. The minimum absolute atomic E-state index is 0.105. The molecule has 1 N–H and O–H groups in total. The van der Waals surface area contributed by atoms with Crippen LogP contribution in [0.25, 0.3) is 0 Å². The van der Waals surface area contributed by atoms with Crippen LogP contribution in [0.15, 0.2) is 24.4 Å². The number of rotatable bonds is 3. The van der Waals surface area contributed by atoms with Crippen molar-refractivity contribution in [2.24, 2.45) is 7.05 Å². The van der Waals surface area contributed by atoms with Crippen LogP contribution in [0.4, 0.5) is 10.1 Å². The average molecular weight is 315 g/mol. The summed E-state index contributed by atoms with van der Waals surface area (Å²) in [6.07, 6.45) is 2.61. The van der Waals surface area contributed by atoms with E-state index in [1.807, 2.05) is 12.1 Å². The van der Waals surface area contributed by atoms with Crippen molar-refractivity contribution >= 4 is 11.6 Å². The summed E-state index contributed by atoms with van der Waals surface area (Å²) in [5, 5.41) is 6.94. The van der Waals surface area contributed by atoms with Gasteiger partial charge in [0.15, 0.2) is 0 Å². The van der Waals surface area contributed by atoms with E-state index in [0.717, 1.165) is 12.1 Å². The maximum atomic E-state index is 13.0. The number of aryl methyl sites for hydroxylation is 1. The number of benzene rings is 1. The Morgan fingerprint density at radius 1 is 1.48 bits per heavy atom. The fraction of sp³-hybridized carbons (Fsp3) is 0.444. The van der Waals surface area contributed by atoms with Crippen molar-refractivity contribution in [1.82, 2.24) is 9.78 Å². The number of nitrogens with zero attached hydrogens (tertiary/aromatic N) is 2. The quantitative estimate of drug-likeness (QED) is 0.933. The zero-order valence-corrected chi connectivity index (χ0v) is 14.0. The maximum Gasteiger partial charge on any atom is 0.259 e. The van der Waals surface area contributed by atoms with Crippen LogP contribution in [-0.4, -0.2) is 15.7 Å². The molecule has 0 fully saturated rings. The first-order valence-electron chi connectivity index (χ1n) is 7.86. The number of carbonyl (C=O) groups excluding carboxylic acids is 1. The van der Waals surface area contributed by atoms with E-state index < -0.39 is 6.67 Å². The Labute approximate surface area is 135 Å². The second kappa shape index (κ2) is 5.48. The monoisotopic (exact) mass is 315 g/mol. The van der Waals surface area contributed by atoms with Crippen LogP contribution >= 0.6 is 0 Å². The lowest BCUT2D eigenvalue weighted by molar-refractivity contribution is 0.102. The van der Waals surface area contributed by atoms with Gasteiger partial charge in [0.05, 0.1) is 5.56 Å². The number of aromatic nitrogens is 2. The minimum Gasteiger partial charge on any atom is -0.322 e. The molecule has 1 unspecified atom stereocenters. The zero-order valence-electron chi connectivity index (χ0n) is 14.0. The van der Waals surface area contributed by atoms with Crippen molar-refractivity contribution in [2.45, 2.75) is 45.2 Å². The summed E-state index contributed by atoms with van der Waals surface area (Å²) in [4.78, 5) is 12.5. The number of fused-ring (bicyclic) bond motifs is 1. The molecule has 0 saturated heterocycles. The van der Waals surface area contributed by atoms with Gasteiger partial charge in [0, 0.05) is 18.9 Å². The molecule has 2 aromatic rings. The molecule has 4 nitrogen and oxygen atoms in total. The molecule has 1 aliphatic carbocycles.